The van der Waals surface area contributed by atoms with Gasteiger partial charge in [0.1, 0.15) is 11.5 Å². The molecule has 158 valence electrons. The Kier molecular flexibility index (Phi) is 6.47. The maximum absolute atomic E-state index is 12.8. The Balaban J connectivity index is 1.76. The van der Waals surface area contributed by atoms with Gasteiger partial charge in [-0.25, -0.2) is 8.42 Å². The largest absolute Gasteiger partial charge is 0.496 e. The van der Waals surface area contributed by atoms with Crippen LogP contribution in [0.2, 0.25) is 0 Å². The molecule has 0 spiro atoms. The second-order valence-electron chi connectivity index (χ2n) is 6.47. The van der Waals surface area contributed by atoms with Crippen LogP contribution in [0.25, 0.3) is 0 Å². The van der Waals surface area contributed by atoms with Crippen molar-refractivity contribution in [2.45, 2.75) is 25.3 Å². The van der Waals surface area contributed by atoms with E-state index in [0.29, 0.717) is 27.4 Å². The van der Waals surface area contributed by atoms with Gasteiger partial charge in [0, 0.05) is 17.7 Å². The summed E-state index contributed by atoms with van der Waals surface area (Å²) < 4.78 is 38.9. The highest BCUT2D eigenvalue weighted by atomic mass is 79.9. The summed E-state index contributed by atoms with van der Waals surface area (Å²) in [5, 5.41) is 6.60. The molecule has 30 heavy (non-hydrogen) atoms. The number of halogens is 1. The Labute approximate surface area is 182 Å². The number of anilines is 1. The minimum atomic E-state index is -3.89. The number of amides is 1. The Morgan fingerprint density at radius 2 is 1.97 bits per heavy atom. The van der Waals surface area contributed by atoms with E-state index >= 15 is 0 Å². The average Bonchev–Trinajstić information content (AvgIpc) is 3.03. The van der Waals surface area contributed by atoms with Crippen LogP contribution < -0.4 is 14.8 Å². The third-order valence-electron chi connectivity index (χ3n) is 4.42. The highest BCUT2D eigenvalue weighted by Crippen LogP contribution is 2.29. The number of aromatic nitrogens is 1. The van der Waals surface area contributed by atoms with Crippen molar-refractivity contribution in [2.24, 2.45) is 0 Å². The van der Waals surface area contributed by atoms with Gasteiger partial charge in [0.05, 0.1) is 27.9 Å². The van der Waals surface area contributed by atoms with Crippen molar-refractivity contribution in [2.75, 3.05) is 11.8 Å². The number of carbonyl (C=O) groups is 1. The van der Waals surface area contributed by atoms with E-state index in [9.17, 15) is 13.2 Å². The van der Waals surface area contributed by atoms with Gasteiger partial charge in [0.25, 0.3) is 15.9 Å². The molecule has 0 unspecified atom stereocenters. The fourth-order valence-corrected chi connectivity index (χ4v) is 4.41. The van der Waals surface area contributed by atoms with Crippen LogP contribution in [0.15, 0.2) is 56.4 Å². The molecule has 1 aromatic heterocycles. The third kappa shape index (κ3) is 4.82. The lowest BCUT2D eigenvalue weighted by Gasteiger charge is -2.11. The Morgan fingerprint density at radius 1 is 1.20 bits per heavy atom. The molecule has 0 aliphatic rings. The number of carbonyl (C=O) groups excluding carboxylic acids is 1. The average molecular weight is 494 g/mol. The van der Waals surface area contributed by atoms with Crippen molar-refractivity contribution in [3.05, 3.63) is 69.5 Å². The summed E-state index contributed by atoms with van der Waals surface area (Å²) in [6.45, 7) is 3.78. The smallest absolute Gasteiger partial charge is 0.261 e. The number of rotatable bonds is 7. The van der Waals surface area contributed by atoms with Gasteiger partial charge in [-0.15, -0.1) is 0 Å². The lowest BCUT2D eigenvalue weighted by atomic mass is 10.2. The van der Waals surface area contributed by atoms with E-state index in [4.69, 9.17) is 9.26 Å². The first kappa shape index (κ1) is 21.8. The molecule has 2 N–H and O–H groups in total. The Hall–Kier alpha value is -2.85. The van der Waals surface area contributed by atoms with Crippen LogP contribution in [-0.4, -0.2) is 26.6 Å². The van der Waals surface area contributed by atoms with Gasteiger partial charge in [-0.05, 0) is 66.2 Å². The number of aryl methyl sites for hydroxylation is 2. The number of hydrogen-bond donors (Lipinski definition) is 2. The summed E-state index contributed by atoms with van der Waals surface area (Å²) in [4.78, 5) is 12.5. The molecule has 0 radical (unpaired) electrons. The number of sulfonamides is 1. The summed E-state index contributed by atoms with van der Waals surface area (Å²) in [6, 6.07) is 10.6. The lowest BCUT2D eigenvalue weighted by molar-refractivity contribution is 0.0950. The quantitative estimate of drug-likeness (QED) is 0.517. The van der Waals surface area contributed by atoms with Crippen LogP contribution in [0.5, 0.6) is 5.75 Å². The number of methoxy groups -OCH3 is 1. The SMILES string of the molecule is COc1ccc(NS(=O)(=O)c2cccc(C(=O)NCc3c(C)noc3C)c2)cc1Br. The zero-order valence-corrected chi connectivity index (χ0v) is 18.9. The molecule has 0 bridgehead atoms. The minimum Gasteiger partial charge on any atom is -0.496 e. The third-order valence-corrected chi connectivity index (χ3v) is 6.42. The molecule has 0 saturated heterocycles. The van der Waals surface area contributed by atoms with Crippen molar-refractivity contribution >= 4 is 37.5 Å². The fraction of sp³-hybridized carbons (Fsp3) is 0.200. The summed E-state index contributed by atoms with van der Waals surface area (Å²) >= 11 is 3.32. The van der Waals surface area contributed by atoms with E-state index < -0.39 is 15.9 Å². The minimum absolute atomic E-state index is 0.0283. The molecule has 10 heteroatoms. The van der Waals surface area contributed by atoms with Crippen molar-refractivity contribution in [1.29, 1.82) is 0 Å². The van der Waals surface area contributed by atoms with Gasteiger partial charge >= 0.3 is 0 Å². The number of nitrogens with zero attached hydrogens (tertiary/aromatic N) is 1. The molecule has 0 atom stereocenters. The number of hydrogen-bond acceptors (Lipinski definition) is 6. The van der Waals surface area contributed by atoms with E-state index in [-0.39, 0.29) is 17.0 Å². The highest BCUT2D eigenvalue weighted by Gasteiger charge is 2.18. The maximum Gasteiger partial charge on any atom is 0.261 e. The van der Waals surface area contributed by atoms with Crippen LogP contribution >= 0.6 is 15.9 Å². The standard InChI is InChI=1S/C20H20BrN3O5S/c1-12-17(13(2)29-23-12)11-22-20(25)14-5-4-6-16(9-14)30(26,27)24-15-7-8-19(28-3)18(21)10-15/h4-10,24H,11H2,1-3H3,(H,22,25). The van der Waals surface area contributed by atoms with E-state index in [0.717, 1.165) is 5.56 Å². The van der Waals surface area contributed by atoms with Gasteiger partial charge in [0.2, 0.25) is 0 Å². The van der Waals surface area contributed by atoms with Gasteiger partial charge in [-0.2, -0.15) is 0 Å². The molecule has 1 heterocycles. The first-order valence-electron chi connectivity index (χ1n) is 8.87. The molecule has 2 aromatic carbocycles. The molecule has 0 aliphatic carbocycles. The van der Waals surface area contributed by atoms with E-state index in [1.165, 1.54) is 25.3 Å². The summed E-state index contributed by atoms with van der Waals surface area (Å²) in [6.07, 6.45) is 0. The molecular formula is C20H20BrN3O5S. The van der Waals surface area contributed by atoms with Crippen LogP contribution in [0, 0.1) is 13.8 Å². The number of ether oxygens (including phenoxy) is 1. The zero-order chi connectivity index (χ0) is 21.9. The Morgan fingerprint density at radius 3 is 2.60 bits per heavy atom. The Bertz CT molecular complexity index is 1170. The lowest BCUT2D eigenvalue weighted by Crippen LogP contribution is -2.24. The predicted octanol–water partition coefficient (Wildman–Crippen LogP) is 3.79. The van der Waals surface area contributed by atoms with Crippen molar-refractivity contribution in [3.63, 3.8) is 0 Å². The number of benzene rings is 2. The highest BCUT2D eigenvalue weighted by molar-refractivity contribution is 9.10. The first-order valence-corrected chi connectivity index (χ1v) is 11.2. The summed E-state index contributed by atoms with van der Waals surface area (Å²) in [5.74, 6) is 0.799. The first-order chi connectivity index (χ1) is 14.2. The van der Waals surface area contributed by atoms with E-state index in [1.54, 1.807) is 38.1 Å². The molecular weight excluding hydrogens is 474 g/mol. The van der Waals surface area contributed by atoms with Gasteiger partial charge in [-0.1, -0.05) is 11.2 Å². The molecule has 0 saturated carbocycles. The van der Waals surface area contributed by atoms with Crippen LogP contribution in [0.1, 0.15) is 27.4 Å². The summed E-state index contributed by atoms with van der Waals surface area (Å²) in [5.41, 5.74) is 2.06. The van der Waals surface area contributed by atoms with Crippen LogP contribution in [-0.2, 0) is 16.6 Å². The van der Waals surface area contributed by atoms with Crippen molar-refractivity contribution in [1.82, 2.24) is 10.5 Å². The topological polar surface area (TPSA) is 111 Å². The molecule has 8 nitrogen and oxygen atoms in total. The maximum atomic E-state index is 12.8. The van der Waals surface area contributed by atoms with E-state index in [2.05, 4.69) is 31.1 Å². The van der Waals surface area contributed by atoms with Gasteiger partial charge < -0.3 is 14.6 Å². The monoisotopic (exact) mass is 493 g/mol. The molecule has 1 amide bonds. The van der Waals surface area contributed by atoms with Crippen LogP contribution in [0.4, 0.5) is 5.69 Å². The predicted molar refractivity (Wildman–Crippen MR) is 115 cm³/mol. The summed E-state index contributed by atoms with van der Waals surface area (Å²) in [7, 11) is -2.37. The molecule has 0 fully saturated rings. The van der Waals surface area contributed by atoms with Crippen molar-refractivity contribution < 1.29 is 22.5 Å². The molecule has 0 aliphatic heterocycles. The molecule has 3 rings (SSSR count). The molecule has 3 aromatic rings. The number of nitrogens with one attached hydrogen (secondary N) is 2. The zero-order valence-electron chi connectivity index (χ0n) is 16.5. The normalized spacial score (nSPS) is 11.2. The second-order valence-corrected chi connectivity index (χ2v) is 9.00. The second kappa shape index (κ2) is 8.88. The fourth-order valence-electron chi connectivity index (χ4n) is 2.77. The van der Waals surface area contributed by atoms with Crippen molar-refractivity contribution in [3.8, 4) is 5.75 Å². The van der Waals surface area contributed by atoms with Gasteiger partial charge in [-0.3, -0.25) is 9.52 Å². The van der Waals surface area contributed by atoms with E-state index in [1.807, 2.05) is 0 Å². The van der Waals surface area contributed by atoms with Gasteiger partial charge in [0.15, 0.2) is 0 Å². The van der Waals surface area contributed by atoms with Crippen LogP contribution in [0.3, 0.4) is 0 Å².